The Hall–Kier alpha value is -7.43. The highest BCUT2D eigenvalue weighted by Crippen LogP contribution is 2.41. The van der Waals surface area contributed by atoms with E-state index < -0.39 is 298 Å². The van der Waals surface area contributed by atoms with Crippen molar-refractivity contribution in [2.75, 3.05) is 0 Å². The molecule has 0 unspecified atom stereocenters. The lowest BCUT2D eigenvalue weighted by atomic mass is 9.95. The third-order valence-electron chi connectivity index (χ3n) is 8.31. The minimum Gasteiger partial charge on any atom is -0.455 e. The van der Waals surface area contributed by atoms with Crippen molar-refractivity contribution in [1.29, 1.82) is 0 Å². The first-order chi connectivity index (χ1) is 40.2. The van der Waals surface area contributed by atoms with Gasteiger partial charge in [-0.1, -0.05) is 151 Å². The fourth-order valence-electron chi connectivity index (χ4n) is 5.83. The maximum atomic E-state index is 9.74. The van der Waals surface area contributed by atoms with Crippen LogP contribution in [0.25, 0.3) is 111 Å². The predicted molar refractivity (Wildman–Crippen MR) is 227 cm³/mol. The molecule has 9 aromatic carbocycles. The molecule has 2 heterocycles. The van der Waals surface area contributed by atoms with Gasteiger partial charge in [0.15, 0.2) is 17.5 Å². The zero-order valence-corrected chi connectivity index (χ0v) is 27.2. The third kappa shape index (κ3) is 5.43. The summed E-state index contributed by atoms with van der Waals surface area (Å²) in [5.74, 6) is -2.77. The number of hydrogen-bond acceptors (Lipinski definition) is 4. The van der Waals surface area contributed by atoms with Gasteiger partial charge in [-0.2, -0.15) is 0 Å². The highest BCUT2D eigenvalue weighted by atomic mass is 16.3. The molecule has 0 bridgehead atoms. The van der Waals surface area contributed by atoms with Crippen LogP contribution < -0.4 is 0 Å². The molecule has 0 atom stereocenters. The van der Waals surface area contributed by atoms with E-state index in [1.807, 2.05) is 0 Å². The van der Waals surface area contributed by atoms with Crippen molar-refractivity contribution in [2.24, 2.45) is 0 Å². The molecule has 256 valence electrons. The lowest BCUT2D eigenvalue weighted by Crippen LogP contribution is -2.00. The van der Waals surface area contributed by atoms with E-state index in [0.717, 1.165) is 0 Å². The molecule has 0 radical (unpaired) electrons. The number of nitrogens with zero attached hydrogens (tertiary/aromatic N) is 3. The fourth-order valence-corrected chi connectivity index (χ4v) is 5.83. The average molecular weight is 733 g/mol. The summed E-state index contributed by atoms with van der Waals surface area (Å²) < 4.78 is 282. The highest BCUT2D eigenvalue weighted by molar-refractivity contribution is 6.19. The molecular weight excluding hydrogens is 671 g/mol. The van der Waals surface area contributed by atoms with Crippen LogP contribution in [0, 0.1) is 0 Å². The van der Waals surface area contributed by atoms with Crippen LogP contribution in [0.5, 0.6) is 0 Å². The Morgan fingerprint density at radius 3 is 1.51 bits per heavy atom. The van der Waals surface area contributed by atoms with Crippen LogP contribution in [-0.2, 0) is 0 Å². The summed E-state index contributed by atoms with van der Waals surface area (Å²) in [5.41, 5.74) is -6.62. The molecule has 11 aromatic rings. The zero-order chi connectivity index (χ0) is 63.3. The van der Waals surface area contributed by atoms with Crippen LogP contribution >= 0.6 is 0 Å². The summed E-state index contributed by atoms with van der Waals surface area (Å²) in [6.45, 7) is 0. The van der Waals surface area contributed by atoms with Crippen molar-refractivity contribution in [2.45, 2.75) is 0 Å². The Labute approximate surface area is 360 Å². The molecule has 0 aliphatic heterocycles. The van der Waals surface area contributed by atoms with Crippen LogP contribution in [0.3, 0.4) is 0 Å². The van der Waals surface area contributed by atoms with Crippen LogP contribution in [0.2, 0.25) is 0 Å². The highest BCUT2D eigenvalue weighted by Gasteiger charge is 2.18. The fraction of sp³-hybridized carbons (Fsp3) is 0. The number of hydrogen-bond donors (Lipinski definition) is 0. The second-order valence-corrected chi connectivity index (χ2v) is 11.6. The lowest BCUT2D eigenvalue weighted by Gasteiger charge is -2.10. The lowest BCUT2D eigenvalue weighted by molar-refractivity contribution is 0.673. The topological polar surface area (TPSA) is 51.8 Å². The minimum atomic E-state index is -1.05. The van der Waals surface area contributed by atoms with Gasteiger partial charge in [0.25, 0.3) is 0 Å². The first-order valence-corrected chi connectivity index (χ1v) is 16.0. The van der Waals surface area contributed by atoms with Crippen molar-refractivity contribution in [1.82, 2.24) is 15.0 Å². The first-order valence-electron chi connectivity index (χ1n) is 31.5. The molecule has 0 saturated heterocycles. The average Bonchev–Trinajstić information content (AvgIpc) is 1.38. The number of benzene rings is 9. The summed E-state index contributed by atoms with van der Waals surface area (Å²) in [6.07, 6.45) is 0. The van der Waals surface area contributed by atoms with Gasteiger partial charge in [-0.05, 0) is 85.4 Å². The van der Waals surface area contributed by atoms with Gasteiger partial charge in [-0.25, -0.2) is 15.0 Å². The van der Waals surface area contributed by atoms with Crippen molar-refractivity contribution >= 4 is 54.3 Å². The Morgan fingerprint density at radius 2 is 0.818 bits per heavy atom. The minimum absolute atomic E-state index is 0.545. The summed E-state index contributed by atoms with van der Waals surface area (Å²) in [4.78, 5) is 13.2. The Bertz CT molecular complexity index is 5020. The van der Waals surface area contributed by atoms with Gasteiger partial charge in [0.05, 0.1) is 42.5 Å². The van der Waals surface area contributed by atoms with Gasteiger partial charge in [0, 0.05) is 32.8 Å². The van der Waals surface area contributed by atoms with Crippen LogP contribution in [0.4, 0.5) is 0 Å². The van der Waals surface area contributed by atoms with E-state index in [4.69, 9.17) is 31.8 Å². The number of furan rings is 1. The van der Waals surface area contributed by atoms with E-state index in [0.29, 0.717) is 0 Å². The van der Waals surface area contributed by atoms with Crippen molar-refractivity contribution in [3.63, 3.8) is 0 Å². The smallest absolute Gasteiger partial charge is 0.164 e. The molecule has 4 nitrogen and oxygen atoms in total. The van der Waals surface area contributed by atoms with Gasteiger partial charge in [-0.3, -0.25) is 0 Å². The van der Waals surface area contributed by atoms with Crippen LogP contribution in [0.15, 0.2) is 192 Å². The number of rotatable bonds is 5. The van der Waals surface area contributed by atoms with Gasteiger partial charge >= 0.3 is 0 Å². The van der Waals surface area contributed by atoms with Crippen molar-refractivity contribution in [3.8, 4) is 56.4 Å². The maximum absolute atomic E-state index is 9.74. The summed E-state index contributed by atoms with van der Waals surface area (Å²) in [6, 6.07) is -28.1. The third-order valence-corrected chi connectivity index (χ3v) is 8.31. The monoisotopic (exact) mass is 732 g/mol. The predicted octanol–water partition coefficient (Wildman–Crippen LogP) is 13.6. The Kier molecular flexibility index (Phi) is 3.02. The molecule has 0 N–H and O–H groups in total. The Morgan fingerprint density at radius 1 is 0.327 bits per heavy atom. The van der Waals surface area contributed by atoms with Crippen LogP contribution in [-0.4, -0.2) is 15.0 Å². The molecule has 4 heteroatoms. The molecule has 11 rings (SSSR count). The number of aromatic nitrogens is 3. The summed E-state index contributed by atoms with van der Waals surface area (Å²) in [5, 5.41) is -4.91. The van der Waals surface area contributed by atoms with Gasteiger partial charge < -0.3 is 4.42 Å². The van der Waals surface area contributed by atoms with Gasteiger partial charge in [0.2, 0.25) is 0 Å². The molecule has 0 spiro atoms. The number of fused-ring (bicyclic) bond motifs is 7. The van der Waals surface area contributed by atoms with Gasteiger partial charge in [-0.15, -0.1) is 0 Å². The van der Waals surface area contributed by atoms with E-state index in [2.05, 4.69) is 15.0 Å². The first kappa shape index (κ1) is 13.2. The van der Waals surface area contributed by atoms with E-state index in [1.165, 1.54) is 0 Å². The van der Waals surface area contributed by atoms with Crippen molar-refractivity contribution in [3.05, 3.63) is 187 Å². The van der Waals surface area contributed by atoms with Gasteiger partial charge in [0.1, 0.15) is 11.2 Å². The summed E-state index contributed by atoms with van der Waals surface area (Å²) in [7, 11) is 0. The van der Waals surface area contributed by atoms with E-state index >= 15 is 0 Å². The molecule has 0 fully saturated rings. The van der Waals surface area contributed by atoms with E-state index in [-0.39, 0.29) is 0 Å². The van der Waals surface area contributed by atoms with Crippen LogP contribution in [0.1, 0.15) is 42.5 Å². The van der Waals surface area contributed by atoms with E-state index in [9.17, 15) is 15.1 Å². The maximum Gasteiger partial charge on any atom is 0.164 e. The normalized spacial score (nSPS) is 19.5. The molecule has 0 aliphatic rings. The largest absolute Gasteiger partial charge is 0.455 e. The Balaban J connectivity index is 1.29. The van der Waals surface area contributed by atoms with Crippen molar-refractivity contribution < 1.29 is 46.9 Å². The standard InChI is InChI=1S/C51H31N3O/c1-3-11-32(12-4-1)36-20-21-38-29-40(24-22-37(38)27-36)50-52-49(39-23-19-33-13-7-8-16-35(33)28-39)53-51(54-50)41-25-26-43-46-31-45(34-14-5-2-6-15-34)42-17-9-10-18-44(42)48(46)55-47(43)30-41/h1-31H/i1D,2D,3D,4D,5D,6D,7D,8D,9D,10D,11D,12D,13D,14D,15D,16D,17D,18D,19D,20D,21D,22D,23D,24D,25D,26D,27D,28D,29D,30D,31D. The van der Waals surface area contributed by atoms with E-state index in [1.54, 1.807) is 0 Å². The second kappa shape index (κ2) is 12.6. The SMILES string of the molecule is [2H]c1c([2H])c([2H])c(-c2c([2H])c([2H])c3c([2H])c(-c4nc(-c5c([2H])c([2H])c6c(oc7c8c([2H])c([2H])c([2H])c([2H])c8c(-c8c([2H])c([2H])c([2H])c([2H])c8[2H])c([2H])c76)c5[2H])nc(-c5c([2H])c([2H])c6c([2H])c([2H])c([2H])c([2H])c6c5[2H])n4)c([2H])c([2H])c3c2[2H])c([2H])c1[2H]. The molecule has 2 aromatic heterocycles. The molecular formula is C51H31N3O. The quantitative estimate of drug-likeness (QED) is 0.177. The summed E-state index contributed by atoms with van der Waals surface area (Å²) >= 11 is 0. The molecule has 0 saturated carbocycles. The molecule has 55 heavy (non-hydrogen) atoms. The molecule has 0 amide bonds. The molecule has 0 aliphatic carbocycles. The second-order valence-electron chi connectivity index (χ2n) is 11.6. The zero-order valence-electron chi connectivity index (χ0n) is 58.2.